The number of ether oxygens (including phenoxy) is 1. The molecule has 1 saturated carbocycles. The lowest BCUT2D eigenvalue weighted by molar-refractivity contribution is -0.144. The molecule has 1 aliphatic carbocycles. The van der Waals surface area contributed by atoms with Crippen LogP contribution in [0.5, 0.6) is 11.5 Å². The fourth-order valence-corrected chi connectivity index (χ4v) is 4.59. The molecular weight excluding hydrogens is 510 g/mol. The summed E-state index contributed by atoms with van der Waals surface area (Å²) in [6, 6.07) is 9.03. The summed E-state index contributed by atoms with van der Waals surface area (Å²) in [5.74, 6) is -0.448. The molecule has 3 amide bonds. The highest BCUT2D eigenvalue weighted by Crippen LogP contribution is 2.41. The van der Waals surface area contributed by atoms with E-state index in [0.717, 1.165) is 0 Å². The topological polar surface area (TPSA) is 128 Å². The quantitative estimate of drug-likeness (QED) is 0.374. The van der Waals surface area contributed by atoms with Crippen LogP contribution < -0.4 is 10.6 Å². The molecule has 2 aromatic carbocycles. The molecule has 2 aromatic rings. The summed E-state index contributed by atoms with van der Waals surface area (Å²) < 4.78 is 5.47. The molecule has 0 radical (unpaired) electrons. The Morgan fingerprint density at radius 3 is 2.12 bits per heavy atom. The minimum Gasteiger partial charge on any atom is -0.508 e. The number of alkyl carbamates (subject to hydrolysis) is 1. The van der Waals surface area contributed by atoms with Crippen LogP contribution in [0.3, 0.4) is 0 Å². The predicted molar refractivity (Wildman–Crippen MR) is 153 cm³/mol. The number of nitrogens with one attached hydrogen (secondary N) is 2. The van der Waals surface area contributed by atoms with Crippen molar-refractivity contribution in [2.45, 2.75) is 97.5 Å². The first-order valence-electron chi connectivity index (χ1n) is 13.7. The lowest BCUT2D eigenvalue weighted by atomic mass is 9.97. The van der Waals surface area contributed by atoms with Gasteiger partial charge in [0.05, 0.1) is 0 Å². The molecule has 4 N–H and O–H groups in total. The van der Waals surface area contributed by atoms with Crippen molar-refractivity contribution in [1.82, 2.24) is 15.5 Å². The normalized spacial score (nSPS) is 18.3. The summed E-state index contributed by atoms with van der Waals surface area (Å²) in [6.45, 7) is 14.6. The van der Waals surface area contributed by atoms with Gasteiger partial charge in [-0.1, -0.05) is 25.1 Å². The third-order valence-corrected chi connectivity index (χ3v) is 6.61. The van der Waals surface area contributed by atoms with Crippen LogP contribution in [0.1, 0.15) is 77.6 Å². The molecule has 0 aromatic heterocycles. The van der Waals surface area contributed by atoms with Crippen molar-refractivity contribution >= 4 is 17.9 Å². The Bertz CT molecular complexity index is 1230. The minimum absolute atomic E-state index is 0.0850. The molecule has 0 aliphatic heterocycles. The number of carbonyl (C=O) groups excluding carboxylic acids is 3. The maximum absolute atomic E-state index is 14.5. The SMILES string of the molecule is Cc1cc(C(C(=O)NC(C)(C)C)N(C(=O)C(Cc2ccc(O)cc2)NC(=O)OC(C)(C)C)C2CC2C)ccc1O. The van der Waals surface area contributed by atoms with Crippen LogP contribution in [0.4, 0.5) is 4.79 Å². The van der Waals surface area contributed by atoms with E-state index >= 15 is 0 Å². The van der Waals surface area contributed by atoms with Gasteiger partial charge in [-0.15, -0.1) is 0 Å². The van der Waals surface area contributed by atoms with Crippen LogP contribution in [0.25, 0.3) is 0 Å². The van der Waals surface area contributed by atoms with Crippen molar-refractivity contribution in [3.63, 3.8) is 0 Å². The van der Waals surface area contributed by atoms with E-state index in [4.69, 9.17) is 4.74 Å². The van der Waals surface area contributed by atoms with Gasteiger partial charge in [-0.25, -0.2) is 4.79 Å². The summed E-state index contributed by atoms with van der Waals surface area (Å²) in [6.07, 6.45) is 0.0862. The van der Waals surface area contributed by atoms with E-state index in [2.05, 4.69) is 10.6 Å². The van der Waals surface area contributed by atoms with E-state index in [1.54, 1.807) is 56.9 Å². The lowest BCUT2D eigenvalue weighted by Gasteiger charge is -2.36. The Morgan fingerprint density at radius 2 is 1.62 bits per heavy atom. The van der Waals surface area contributed by atoms with Gasteiger partial charge in [0, 0.05) is 18.0 Å². The van der Waals surface area contributed by atoms with Gasteiger partial charge in [-0.3, -0.25) is 9.59 Å². The Morgan fingerprint density at radius 1 is 1.02 bits per heavy atom. The first-order valence-corrected chi connectivity index (χ1v) is 13.7. The molecule has 9 nitrogen and oxygen atoms in total. The molecule has 0 bridgehead atoms. The Labute approximate surface area is 236 Å². The van der Waals surface area contributed by atoms with Gasteiger partial charge in [-0.05, 0) is 102 Å². The second kappa shape index (κ2) is 11.8. The highest BCUT2D eigenvalue weighted by atomic mass is 16.6. The van der Waals surface area contributed by atoms with Crippen LogP contribution >= 0.6 is 0 Å². The van der Waals surface area contributed by atoms with Gasteiger partial charge in [0.1, 0.15) is 29.2 Å². The van der Waals surface area contributed by atoms with Gasteiger partial charge in [-0.2, -0.15) is 0 Å². The molecule has 1 fully saturated rings. The van der Waals surface area contributed by atoms with Gasteiger partial charge in [0.2, 0.25) is 11.8 Å². The standard InChI is InChI=1S/C31H43N3O6/c1-18-16-24(18)34(26(27(37)33-30(3,4)5)21-11-14-25(36)19(2)15-21)28(38)23(32-29(39)40-31(6,7)8)17-20-9-12-22(35)13-10-20/h9-15,18,23-24,26,35-36H,16-17H2,1-8H3,(H,32,39)(H,33,37). The molecule has 0 saturated heterocycles. The largest absolute Gasteiger partial charge is 0.508 e. The van der Waals surface area contributed by atoms with Crippen molar-refractivity contribution in [1.29, 1.82) is 0 Å². The zero-order chi connectivity index (χ0) is 30.0. The second-order valence-corrected chi connectivity index (χ2v) is 12.8. The highest BCUT2D eigenvalue weighted by Gasteiger charge is 2.48. The third kappa shape index (κ3) is 8.37. The van der Waals surface area contributed by atoms with Crippen LogP contribution in [-0.2, 0) is 20.7 Å². The number of rotatable bonds is 8. The molecule has 40 heavy (non-hydrogen) atoms. The summed E-state index contributed by atoms with van der Waals surface area (Å²) in [5.41, 5.74) is 0.512. The zero-order valence-corrected chi connectivity index (χ0v) is 24.7. The Balaban J connectivity index is 2.08. The molecule has 4 atom stereocenters. The number of hydrogen-bond donors (Lipinski definition) is 4. The van der Waals surface area contributed by atoms with E-state index in [1.165, 1.54) is 18.2 Å². The Kier molecular flexibility index (Phi) is 9.07. The number of benzene rings is 2. The van der Waals surface area contributed by atoms with Crippen molar-refractivity contribution in [2.24, 2.45) is 5.92 Å². The number of amides is 3. The van der Waals surface area contributed by atoms with Gasteiger partial charge in [0.15, 0.2) is 0 Å². The first kappa shape index (κ1) is 30.8. The van der Waals surface area contributed by atoms with E-state index in [9.17, 15) is 24.6 Å². The van der Waals surface area contributed by atoms with Gasteiger partial charge < -0.3 is 30.5 Å². The smallest absolute Gasteiger partial charge is 0.408 e. The number of aromatic hydroxyl groups is 2. The average molecular weight is 554 g/mol. The number of hydrogen-bond acceptors (Lipinski definition) is 6. The minimum atomic E-state index is -1.05. The summed E-state index contributed by atoms with van der Waals surface area (Å²) in [7, 11) is 0. The van der Waals surface area contributed by atoms with Crippen LogP contribution in [0, 0.1) is 12.8 Å². The van der Waals surface area contributed by atoms with E-state index in [0.29, 0.717) is 23.1 Å². The second-order valence-electron chi connectivity index (χ2n) is 12.8. The van der Waals surface area contributed by atoms with Crippen molar-refractivity contribution in [3.05, 3.63) is 59.2 Å². The first-order chi connectivity index (χ1) is 18.4. The fraction of sp³-hybridized carbons (Fsp3) is 0.516. The maximum Gasteiger partial charge on any atom is 0.408 e. The lowest BCUT2D eigenvalue weighted by Crippen LogP contribution is -2.56. The van der Waals surface area contributed by atoms with E-state index in [1.807, 2.05) is 27.7 Å². The molecular formula is C31H43N3O6. The highest BCUT2D eigenvalue weighted by molar-refractivity contribution is 5.93. The average Bonchev–Trinajstić information content (AvgIpc) is 3.53. The van der Waals surface area contributed by atoms with Crippen LogP contribution in [0.2, 0.25) is 0 Å². The van der Waals surface area contributed by atoms with E-state index in [-0.39, 0.29) is 35.8 Å². The molecule has 4 unspecified atom stereocenters. The Hall–Kier alpha value is -3.75. The fourth-order valence-electron chi connectivity index (χ4n) is 4.59. The predicted octanol–water partition coefficient (Wildman–Crippen LogP) is 4.74. The van der Waals surface area contributed by atoms with Crippen molar-refractivity contribution < 1.29 is 29.3 Å². The number of phenols is 2. The summed E-state index contributed by atoms with van der Waals surface area (Å²) >= 11 is 0. The zero-order valence-electron chi connectivity index (χ0n) is 24.7. The molecule has 218 valence electrons. The molecule has 0 heterocycles. The number of nitrogens with zero attached hydrogens (tertiary/aromatic N) is 1. The molecule has 1 aliphatic rings. The number of carbonyl (C=O) groups is 3. The maximum atomic E-state index is 14.5. The van der Waals surface area contributed by atoms with Crippen LogP contribution in [-0.4, -0.2) is 56.2 Å². The molecule has 0 spiro atoms. The monoisotopic (exact) mass is 553 g/mol. The molecule has 3 rings (SSSR count). The summed E-state index contributed by atoms with van der Waals surface area (Å²) in [4.78, 5) is 42.8. The number of phenolic OH excluding ortho intramolecular Hbond substituents is 2. The number of aryl methyl sites for hydroxylation is 1. The van der Waals surface area contributed by atoms with E-state index < -0.39 is 35.2 Å². The van der Waals surface area contributed by atoms with Gasteiger partial charge in [0.25, 0.3) is 0 Å². The van der Waals surface area contributed by atoms with Gasteiger partial charge >= 0.3 is 6.09 Å². The molecule has 9 heteroatoms. The van der Waals surface area contributed by atoms with Crippen LogP contribution in [0.15, 0.2) is 42.5 Å². The third-order valence-electron chi connectivity index (χ3n) is 6.61. The summed E-state index contributed by atoms with van der Waals surface area (Å²) in [5, 5.41) is 25.7. The van der Waals surface area contributed by atoms with Crippen molar-refractivity contribution in [2.75, 3.05) is 0 Å². The van der Waals surface area contributed by atoms with Crippen molar-refractivity contribution in [3.8, 4) is 11.5 Å².